The second kappa shape index (κ2) is 7.48. The molecule has 0 amide bonds. The van der Waals surface area contributed by atoms with Gasteiger partial charge in [-0.3, -0.25) is 0 Å². The van der Waals surface area contributed by atoms with E-state index in [1.807, 2.05) is 0 Å². The summed E-state index contributed by atoms with van der Waals surface area (Å²) in [5.74, 6) is 2.95. The molecule has 0 nitrogen and oxygen atoms in total. The van der Waals surface area contributed by atoms with Crippen LogP contribution in [0.1, 0.15) is 33.7 Å². The molecule has 0 aromatic heterocycles. The van der Waals surface area contributed by atoms with Crippen LogP contribution in [0.4, 0.5) is 0 Å². The Morgan fingerprint density at radius 3 is 1.82 bits per heavy atom. The molecule has 1 unspecified atom stereocenters. The van der Waals surface area contributed by atoms with E-state index in [1.165, 1.54) is 39.7 Å². The second-order valence-electron chi connectivity index (χ2n) is 7.18. The Balaban J connectivity index is 1.68. The van der Waals surface area contributed by atoms with Crippen LogP contribution in [0.2, 0.25) is 0 Å². The number of hydrogen-bond acceptors (Lipinski definition) is 0. The highest BCUT2D eigenvalue weighted by Gasteiger charge is 2.43. The van der Waals surface area contributed by atoms with Crippen molar-refractivity contribution >= 4 is 0 Å². The van der Waals surface area contributed by atoms with E-state index in [0.717, 1.165) is 0 Å². The summed E-state index contributed by atoms with van der Waals surface area (Å²) in [6, 6.07) is 41.1. The molecule has 0 N–H and O–H groups in total. The first-order valence-electron chi connectivity index (χ1n) is 9.75. The van der Waals surface area contributed by atoms with Gasteiger partial charge in [0.05, 0.1) is 0 Å². The van der Waals surface area contributed by atoms with E-state index < -0.39 is 0 Å². The van der Waals surface area contributed by atoms with Gasteiger partial charge in [-0.05, 0) is 27.8 Å². The number of benzene rings is 4. The summed E-state index contributed by atoms with van der Waals surface area (Å²) < 4.78 is 0. The van der Waals surface area contributed by atoms with Crippen molar-refractivity contribution in [3.8, 4) is 0 Å². The summed E-state index contributed by atoms with van der Waals surface area (Å²) >= 11 is 0. The molecule has 1 aliphatic rings. The molecule has 4 aromatic rings. The Bertz CT molecular complexity index is 1030. The molecule has 1 atom stereocenters. The van der Waals surface area contributed by atoms with Gasteiger partial charge in [-0.25, -0.2) is 0 Å². The lowest BCUT2D eigenvalue weighted by Crippen LogP contribution is -2.14. The predicted octanol–water partition coefficient (Wildman–Crippen LogP) is 6.63. The monoisotopic (exact) mass is 357 g/mol. The molecular weight excluding hydrogens is 336 g/mol. The van der Waals surface area contributed by atoms with Crippen molar-refractivity contribution in [2.45, 2.75) is 5.92 Å². The first kappa shape index (κ1) is 17.0. The zero-order valence-electron chi connectivity index (χ0n) is 15.6. The van der Waals surface area contributed by atoms with E-state index in [1.54, 1.807) is 0 Å². The third kappa shape index (κ3) is 3.05. The van der Waals surface area contributed by atoms with Gasteiger partial charge in [-0.15, -0.1) is 0 Å². The molecule has 0 bridgehead atoms. The van der Waals surface area contributed by atoms with Crippen molar-refractivity contribution in [1.29, 1.82) is 0 Å². The molecule has 0 heteroatoms. The van der Waals surface area contributed by atoms with Crippen LogP contribution < -0.4 is 0 Å². The van der Waals surface area contributed by atoms with Gasteiger partial charge in [0.2, 0.25) is 0 Å². The smallest absolute Gasteiger partial charge is 0.0289 e. The number of hydrogen-bond donors (Lipinski definition) is 0. The summed E-state index contributed by atoms with van der Waals surface area (Å²) in [5.41, 5.74) is 6.57. The van der Waals surface area contributed by atoms with Crippen LogP contribution in [-0.4, -0.2) is 0 Å². The van der Waals surface area contributed by atoms with Crippen molar-refractivity contribution in [2.75, 3.05) is 0 Å². The van der Waals surface area contributed by atoms with Crippen LogP contribution in [0, 0.1) is 18.3 Å². The first-order valence-corrected chi connectivity index (χ1v) is 9.75. The molecule has 0 heterocycles. The molecule has 1 aliphatic carbocycles. The van der Waals surface area contributed by atoms with E-state index >= 15 is 0 Å². The Labute approximate surface area is 167 Å². The second-order valence-corrected chi connectivity index (χ2v) is 7.18. The third-order valence-electron chi connectivity index (χ3n) is 5.47. The Morgan fingerprint density at radius 2 is 1.11 bits per heavy atom. The van der Waals surface area contributed by atoms with E-state index in [0.29, 0.717) is 0 Å². The minimum atomic E-state index is 0.245. The minimum Gasteiger partial charge on any atom is -0.0622 e. The summed E-state index contributed by atoms with van der Waals surface area (Å²) in [6.07, 6.45) is 2.34. The number of fused-ring (bicyclic) bond motifs is 1. The van der Waals surface area contributed by atoms with Gasteiger partial charge in [0.25, 0.3) is 0 Å². The average molecular weight is 357 g/mol. The fraction of sp³-hybridized carbons (Fsp3) is 0.0357. The lowest BCUT2D eigenvalue weighted by Gasteiger charge is -2.25. The van der Waals surface area contributed by atoms with Crippen LogP contribution in [-0.2, 0) is 0 Å². The molecule has 4 aromatic carbocycles. The third-order valence-corrected chi connectivity index (χ3v) is 5.47. The van der Waals surface area contributed by atoms with Gasteiger partial charge in [0, 0.05) is 24.2 Å². The van der Waals surface area contributed by atoms with Gasteiger partial charge in [0.15, 0.2) is 0 Å². The molecule has 5 rings (SSSR count). The van der Waals surface area contributed by atoms with Crippen molar-refractivity contribution in [3.05, 3.63) is 161 Å². The maximum Gasteiger partial charge on any atom is 0.0289 e. The summed E-state index contributed by atoms with van der Waals surface area (Å²) in [7, 11) is 0. The molecule has 133 valence electrons. The van der Waals surface area contributed by atoms with Crippen molar-refractivity contribution in [3.63, 3.8) is 0 Å². The van der Waals surface area contributed by atoms with Gasteiger partial charge >= 0.3 is 0 Å². The van der Waals surface area contributed by atoms with Crippen molar-refractivity contribution in [1.82, 2.24) is 0 Å². The summed E-state index contributed by atoms with van der Waals surface area (Å²) in [5, 5.41) is 0. The lowest BCUT2D eigenvalue weighted by molar-refractivity contribution is 0.885. The zero-order valence-corrected chi connectivity index (χ0v) is 15.6. The standard InChI is InChI=1S/C28H21/c1-4-12-21(13-5-1)20-26-24-18-10-11-19-25(24)27(22-14-6-2-7-15-22)28(26)23-16-8-3-9-17-23/h1-20,27H. The van der Waals surface area contributed by atoms with Gasteiger partial charge in [-0.1, -0.05) is 115 Å². The zero-order chi connectivity index (χ0) is 18.8. The molecule has 3 radical (unpaired) electrons. The average Bonchev–Trinajstić information content (AvgIpc) is 3.10. The van der Waals surface area contributed by atoms with Gasteiger partial charge in [0.1, 0.15) is 0 Å². The molecule has 28 heavy (non-hydrogen) atoms. The maximum absolute atomic E-state index is 2.34. The molecule has 0 aliphatic heterocycles. The predicted molar refractivity (Wildman–Crippen MR) is 116 cm³/mol. The topological polar surface area (TPSA) is 0 Å². The molecule has 0 spiro atoms. The van der Waals surface area contributed by atoms with Crippen LogP contribution in [0.25, 0.3) is 0 Å². The van der Waals surface area contributed by atoms with Gasteiger partial charge < -0.3 is 0 Å². The fourth-order valence-electron chi connectivity index (χ4n) is 4.25. The van der Waals surface area contributed by atoms with Gasteiger partial charge in [-0.2, -0.15) is 0 Å². The van der Waals surface area contributed by atoms with E-state index in [-0.39, 0.29) is 5.92 Å². The van der Waals surface area contributed by atoms with Crippen molar-refractivity contribution in [2.24, 2.45) is 0 Å². The Hall–Kier alpha value is -3.12. The maximum atomic E-state index is 2.34. The summed E-state index contributed by atoms with van der Waals surface area (Å²) in [6.45, 7) is 0. The van der Waals surface area contributed by atoms with E-state index in [4.69, 9.17) is 0 Å². The minimum absolute atomic E-state index is 0.245. The molecule has 0 fully saturated rings. The highest BCUT2D eigenvalue weighted by molar-refractivity contribution is 5.70. The van der Waals surface area contributed by atoms with Crippen molar-refractivity contribution < 1.29 is 0 Å². The highest BCUT2D eigenvalue weighted by atomic mass is 14.4. The van der Waals surface area contributed by atoms with Crippen LogP contribution in [0.3, 0.4) is 0 Å². The molecule has 0 saturated carbocycles. The van der Waals surface area contributed by atoms with Crippen LogP contribution in [0.5, 0.6) is 0 Å². The Morgan fingerprint density at radius 1 is 0.536 bits per heavy atom. The van der Waals surface area contributed by atoms with E-state index in [2.05, 4.69) is 122 Å². The SMILES string of the molecule is [CH]([C]1[C](c2ccccc2)C(c2ccccc2)c2ccccc21)c1ccccc1. The molecule has 0 saturated heterocycles. The first-order chi connectivity index (χ1) is 13.9. The lowest BCUT2D eigenvalue weighted by atomic mass is 9.76. The normalized spacial score (nSPS) is 16.8. The van der Waals surface area contributed by atoms with E-state index in [9.17, 15) is 0 Å². The molecular formula is C28H21. The highest BCUT2D eigenvalue weighted by Crippen LogP contribution is 2.54. The van der Waals surface area contributed by atoms with Crippen LogP contribution >= 0.6 is 0 Å². The van der Waals surface area contributed by atoms with Crippen LogP contribution in [0.15, 0.2) is 115 Å². The summed E-state index contributed by atoms with van der Waals surface area (Å²) in [4.78, 5) is 0. The fourth-order valence-corrected chi connectivity index (χ4v) is 4.25. The quantitative estimate of drug-likeness (QED) is 0.384. The Kier molecular flexibility index (Phi) is 4.54. The number of rotatable bonds is 4. The largest absolute Gasteiger partial charge is 0.0622 e.